The molecule has 0 unspecified atom stereocenters. The van der Waals surface area contributed by atoms with Gasteiger partial charge in [0, 0.05) is 12.4 Å². The largest absolute Gasteiger partial charge is 0.476 e. The van der Waals surface area contributed by atoms with Crippen molar-refractivity contribution in [3.8, 4) is 0 Å². The number of rotatable bonds is 2. The highest BCUT2D eigenvalue weighted by molar-refractivity contribution is 5.87. The molecule has 2 rings (SSSR count). The minimum absolute atomic E-state index is 0.282. The van der Waals surface area contributed by atoms with Gasteiger partial charge in [0.2, 0.25) is 0 Å². The van der Waals surface area contributed by atoms with Crippen LogP contribution in [0.4, 0.5) is 8.78 Å². The number of pyridine rings is 2. The molecule has 0 fully saturated rings. The van der Waals surface area contributed by atoms with Crippen LogP contribution in [0.3, 0.4) is 0 Å². The summed E-state index contributed by atoms with van der Waals surface area (Å²) in [5, 5.41) is 8.39. The molecule has 8 heteroatoms. The predicted octanol–water partition coefficient (Wildman–Crippen LogP) is 2.23. The smallest absolute Gasteiger partial charge is 0.359 e. The molecular formula is C14H12F2N2O4. The quantitative estimate of drug-likeness (QED) is 0.856. The monoisotopic (exact) mass is 310 g/mol. The molecule has 0 atom stereocenters. The van der Waals surface area contributed by atoms with Gasteiger partial charge in [0.15, 0.2) is 23.0 Å². The molecule has 2 aromatic rings. The van der Waals surface area contributed by atoms with Gasteiger partial charge in [0.1, 0.15) is 0 Å². The van der Waals surface area contributed by atoms with Crippen LogP contribution >= 0.6 is 0 Å². The summed E-state index contributed by atoms with van der Waals surface area (Å²) in [6.45, 7) is 1.49. The van der Waals surface area contributed by atoms with Gasteiger partial charge in [-0.3, -0.25) is 0 Å². The molecule has 0 spiro atoms. The first kappa shape index (κ1) is 17.2. The lowest BCUT2D eigenvalue weighted by molar-refractivity contribution is 0.0587. The van der Waals surface area contributed by atoms with E-state index in [4.69, 9.17) is 5.11 Å². The zero-order chi connectivity index (χ0) is 16.7. The van der Waals surface area contributed by atoms with Crippen molar-refractivity contribution < 1.29 is 28.2 Å². The number of hydrogen-bond acceptors (Lipinski definition) is 5. The fourth-order valence-electron chi connectivity index (χ4n) is 1.32. The second-order valence-corrected chi connectivity index (χ2v) is 3.92. The van der Waals surface area contributed by atoms with Crippen LogP contribution < -0.4 is 0 Å². The maximum atomic E-state index is 12.8. The summed E-state index contributed by atoms with van der Waals surface area (Å²) in [5.74, 6) is -3.53. The number of esters is 1. The Morgan fingerprint density at radius 2 is 1.77 bits per heavy atom. The van der Waals surface area contributed by atoms with Gasteiger partial charge in [0.05, 0.1) is 7.11 Å². The first-order valence-corrected chi connectivity index (χ1v) is 5.91. The first-order chi connectivity index (χ1) is 10.4. The Morgan fingerprint density at radius 1 is 1.14 bits per heavy atom. The number of carbonyl (C=O) groups excluding carboxylic acids is 1. The average molecular weight is 310 g/mol. The number of carbonyl (C=O) groups is 2. The molecule has 0 amide bonds. The van der Waals surface area contributed by atoms with Gasteiger partial charge >= 0.3 is 11.9 Å². The lowest BCUT2D eigenvalue weighted by Gasteiger charge is -1.97. The molecule has 0 aliphatic heterocycles. The number of ether oxygens (including phenoxy) is 1. The van der Waals surface area contributed by atoms with Crippen molar-refractivity contribution in [1.82, 2.24) is 9.97 Å². The zero-order valence-electron chi connectivity index (χ0n) is 11.7. The normalized spacial score (nSPS) is 9.45. The van der Waals surface area contributed by atoms with Gasteiger partial charge in [-0.1, -0.05) is 0 Å². The number of carboxylic acids is 1. The van der Waals surface area contributed by atoms with Crippen LogP contribution in [0.1, 0.15) is 26.5 Å². The second-order valence-electron chi connectivity index (χ2n) is 3.92. The summed E-state index contributed by atoms with van der Waals surface area (Å²) in [6, 6.07) is 3.97. The van der Waals surface area contributed by atoms with Gasteiger partial charge < -0.3 is 9.84 Å². The van der Waals surface area contributed by atoms with E-state index in [0.717, 1.165) is 6.07 Å². The minimum Gasteiger partial charge on any atom is -0.476 e. The molecule has 22 heavy (non-hydrogen) atoms. The van der Waals surface area contributed by atoms with Gasteiger partial charge in [-0.2, -0.15) is 0 Å². The van der Waals surface area contributed by atoms with E-state index in [0.29, 0.717) is 0 Å². The fourth-order valence-corrected chi connectivity index (χ4v) is 1.32. The first-order valence-electron chi connectivity index (χ1n) is 5.91. The van der Waals surface area contributed by atoms with E-state index in [1.54, 1.807) is 0 Å². The third-order valence-electron chi connectivity index (χ3n) is 2.42. The number of aryl methyl sites for hydroxylation is 1. The molecule has 2 aromatic heterocycles. The summed E-state index contributed by atoms with van der Waals surface area (Å²) >= 11 is 0. The minimum atomic E-state index is -1.34. The molecule has 1 N–H and O–H groups in total. The van der Waals surface area contributed by atoms with E-state index in [9.17, 15) is 18.4 Å². The van der Waals surface area contributed by atoms with Gasteiger partial charge in [-0.15, -0.1) is 0 Å². The molecular weight excluding hydrogens is 298 g/mol. The standard InChI is InChI=1S/2C7H6FNO2/c1-11-7(10)6-5(8)3-2-4-9-6;1-4-2-3-9-6(5(4)8)7(10)11/h2-4H,1H3;2-3H,1H3,(H,10,11). The van der Waals surface area contributed by atoms with Crippen LogP contribution in [0.2, 0.25) is 0 Å². The van der Waals surface area contributed by atoms with E-state index in [1.807, 2.05) is 0 Å². The molecule has 0 saturated carbocycles. The van der Waals surface area contributed by atoms with Crippen molar-refractivity contribution in [1.29, 1.82) is 0 Å². The lowest BCUT2D eigenvalue weighted by atomic mass is 10.2. The van der Waals surface area contributed by atoms with Crippen LogP contribution in [-0.4, -0.2) is 34.1 Å². The highest BCUT2D eigenvalue weighted by atomic mass is 19.1. The fraction of sp³-hybridized carbons (Fsp3) is 0.143. The van der Waals surface area contributed by atoms with E-state index < -0.39 is 29.3 Å². The second kappa shape index (κ2) is 7.77. The van der Waals surface area contributed by atoms with Crippen molar-refractivity contribution >= 4 is 11.9 Å². The molecule has 0 aliphatic rings. The number of halogens is 2. The van der Waals surface area contributed by atoms with E-state index in [-0.39, 0.29) is 11.3 Å². The van der Waals surface area contributed by atoms with Crippen LogP contribution in [-0.2, 0) is 4.74 Å². The SMILES string of the molecule is COC(=O)c1ncccc1F.Cc1ccnc(C(=O)O)c1F. The molecule has 2 heterocycles. The summed E-state index contributed by atoms with van der Waals surface area (Å²) in [4.78, 5) is 27.8. The summed E-state index contributed by atoms with van der Waals surface area (Å²) < 4.78 is 29.7. The Labute approximate surface area is 124 Å². The van der Waals surface area contributed by atoms with Crippen LogP contribution in [0.5, 0.6) is 0 Å². The molecule has 6 nitrogen and oxygen atoms in total. The van der Waals surface area contributed by atoms with Gasteiger partial charge in [0.25, 0.3) is 0 Å². The summed E-state index contributed by atoms with van der Waals surface area (Å²) in [7, 11) is 1.18. The van der Waals surface area contributed by atoms with E-state index >= 15 is 0 Å². The number of carboxylic acid groups (broad SMARTS) is 1. The number of aromatic carboxylic acids is 1. The topological polar surface area (TPSA) is 89.4 Å². The van der Waals surface area contributed by atoms with Gasteiger partial charge in [-0.25, -0.2) is 28.3 Å². The summed E-state index contributed by atoms with van der Waals surface area (Å²) in [6.07, 6.45) is 2.59. The van der Waals surface area contributed by atoms with Crippen molar-refractivity contribution in [2.24, 2.45) is 0 Å². The Bertz CT molecular complexity index is 692. The number of hydrogen-bond donors (Lipinski definition) is 1. The zero-order valence-corrected chi connectivity index (χ0v) is 11.7. The van der Waals surface area contributed by atoms with E-state index in [2.05, 4.69) is 14.7 Å². The summed E-state index contributed by atoms with van der Waals surface area (Å²) in [5.41, 5.74) is -0.516. The highest BCUT2D eigenvalue weighted by Gasteiger charge is 2.12. The maximum Gasteiger partial charge on any atom is 0.359 e. The Kier molecular flexibility index (Phi) is 6.06. The molecule has 0 saturated heterocycles. The lowest BCUT2D eigenvalue weighted by Crippen LogP contribution is -2.06. The van der Waals surface area contributed by atoms with Crippen molar-refractivity contribution in [3.63, 3.8) is 0 Å². The van der Waals surface area contributed by atoms with Crippen molar-refractivity contribution in [2.75, 3.05) is 7.11 Å². The predicted molar refractivity (Wildman–Crippen MR) is 71.4 cm³/mol. The van der Waals surface area contributed by atoms with Crippen molar-refractivity contribution in [2.45, 2.75) is 6.92 Å². The Morgan fingerprint density at radius 3 is 2.27 bits per heavy atom. The third-order valence-corrected chi connectivity index (χ3v) is 2.42. The number of aromatic nitrogens is 2. The number of nitrogens with zero attached hydrogens (tertiary/aromatic N) is 2. The Balaban J connectivity index is 0.000000220. The molecule has 0 radical (unpaired) electrons. The van der Waals surface area contributed by atoms with Crippen LogP contribution in [0.25, 0.3) is 0 Å². The molecule has 0 bridgehead atoms. The highest BCUT2D eigenvalue weighted by Crippen LogP contribution is 2.08. The van der Waals surface area contributed by atoms with Crippen LogP contribution in [0.15, 0.2) is 30.6 Å². The molecule has 0 aromatic carbocycles. The molecule has 116 valence electrons. The van der Waals surface area contributed by atoms with Gasteiger partial charge in [-0.05, 0) is 30.7 Å². The van der Waals surface area contributed by atoms with Crippen molar-refractivity contribution in [3.05, 3.63) is 59.2 Å². The third kappa shape index (κ3) is 4.30. The number of methoxy groups -OCH3 is 1. The van der Waals surface area contributed by atoms with E-state index in [1.165, 1.54) is 38.6 Å². The Hall–Kier alpha value is -2.90. The van der Waals surface area contributed by atoms with Crippen LogP contribution in [0, 0.1) is 18.6 Å². The maximum absolute atomic E-state index is 12.8. The molecule has 0 aliphatic carbocycles. The average Bonchev–Trinajstić information content (AvgIpc) is 2.50.